The maximum Gasteiger partial charge on any atom is 0.124 e. The summed E-state index contributed by atoms with van der Waals surface area (Å²) in [6, 6.07) is 10.8. The lowest BCUT2D eigenvalue weighted by molar-refractivity contribution is 0.395. The predicted octanol–water partition coefficient (Wildman–Crippen LogP) is 3.68. The Hall–Kier alpha value is -2.07. The van der Waals surface area contributed by atoms with Crippen LogP contribution in [0.3, 0.4) is 0 Å². The lowest BCUT2D eigenvalue weighted by Gasteiger charge is -2.13. The molecule has 0 amide bonds. The van der Waals surface area contributed by atoms with E-state index >= 15 is 0 Å². The first-order valence-electron chi connectivity index (χ1n) is 5.68. The van der Waals surface area contributed by atoms with Crippen molar-refractivity contribution in [3.8, 4) is 11.5 Å². The third-order valence-corrected chi connectivity index (χ3v) is 2.98. The first-order valence-corrected chi connectivity index (χ1v) is 6.06. The van der Waals surface area contributed by atoms with E-state index in [1.807, 2.05) is 12.1 Å². The largest absolute Gasteiger partial charge is 0.497 e. The van der Waals surface area contributed by atoms with Crippen LogP contribution in [0.5, 0.6) is 11.5 Å². The van der Waals surface area contributed by atoms with Gasteiger partial charge in [0.25, 0.3) is 0 Å². The number of benzene rings is 2. The summed E-state index contributed by atoms with van der Waals surface area (Å²) in [6.45, 7) is 0. The van der Waals surface area contributed by atoms with Crippen molar-refractivity contribution in [1.82, 2.24) is 0 Å². The Morgan fingerprint density at radius 2 is 1.68 bits per heavy atom. The number of hydrogen-bond donors (Lipinski definition) is 2. The van der Waals surface area contributed by atoms with E-state index in [1.54, 1.807) is 38.5 Å². The molecule has 0 fully saturated rings. The van der Waals surface area contributed by atoms with Crippen molar-refractivity contribution in [3.63, 3.8) is 0 Å². The van der Waals surface area contributed by atoms with Gasteiger partial charge in [-0.25, -0.2) is 0 Å². The van der Waals surface area contributed by atoms with Crippen molar-refractivity contribution in [2.75, 3.05) is 25.3 Å². The number of nitrogen functional groups attached to an aromatic ring is 1. The van der Waals surface area contributed by atoms with Gasteiger partial charge in [-0.2, -0.15) is 0 Å². The van der Waals surface area contributed by atoms with Gasteiger partial charge in [-0.3, -0.25) is 0 Å². The Kier molecular flexibility index (Phi) is 4.02. The zero-order valence-corrected chi connectivity index (χ0v) is 11.5. The van der Waals surface area contributed by atoms with Crippen molar-refractivity contribution < 1.29 is 9.47 Å². The van der Waals surface area contributed by atoms with Gasteiger partial charge in [0, 0.05) is 23.9 Å². The van der Waals surface area contributed by atoms with E-state index in [4.69, 9.17) is 26.8 Å². The van der Waals surface area contributed by atoms with Crippen LogP contribution in [0.4, 0.5) is 17.1 Å². The molecule has 0 heterocycles. The van der Waals surface area contributed by atoms with Crippen LogP contribution in [0.25, 0.3) is 0 Å². The first kappa shape index (κ1) is 13.4. The quantitative estimate of drug-likeness (QED) is 0.838. The Labute approximate surface area is 117 Å². The number of anilines is 3. The summed E-state index contributed by atoms with van der Waals surface area (Å²) in [4.78, 5) is 0. The molecule has 0 saturated carbocycles. The van der Waals surface area contributed by atoms with Crippen LogP contribution < -0.4 is 20.5 Å². The van der Waals surface area contributed by atoms with E-state index in [2.05, 4.69) is 5.32 Å². The summed E-state index contributed by atoms with van der Waals surface area (Å²) in [5.74, 6) is 1.37. The molecule has 2 rings (SSSR count). The van der Waals surface area contributed by atoms with Gasteiger partial charge < -0.3 is 20.5 Å². The van der Waals surface area contributed by atoms with Gasteiger partial charge in [0.2, 0.25) is 0 Å². The van der Waals surface area contributed by atoms with Gasteiger partial charge in [0.1, 0.15) is 11.5 Å². The van der Waals surface area contributed by atoms with Crippen LogP contribution in [0.2, 0.25) is 5.02 Å². The second-order valence-corrected chi connectivity index (χ2v) is 4.34. The average molecular weight is 279 g/mol. The first-order chi connectivity index (χ1) is 9.13. The van der Waals surface area contributed by atoms with Gasteiger partial charge in [0.15, 0.2) is 0 Å². The molecule has 0 spiro atoms. The van der Waals surface area contributed by atoms with Gasteiger partial charge in [-0.1, -0.05) is 17.7 Å². The minimum atomic E-state index is 0.557. The molecule has 0 aliphatic carbocycles. The highest BCUT2D eigenvalue weighted by atomic mass is 35.5. The fourth-order valence-electron chi connectivity index (χ4n) is 1.70. The smallest absolute Gasteiger partial charge is 0.124 e. The van der Waals surface area contributed by atoms with Crippen LogP contribution in [0.1, 0.15) is 0 Å². The van der Waals surface area contributed by atoms with Gasteiger partial charge >= 0.3 is 0 Å². The molecule has 3 N–H and O–H groups in total. The zero-order valence-electron chi connectivity index (χ0n) is 10.7. The van der Waals surface area contributed by atoms with Crippen molar-refractivity contribution in [1.29, 1.82) is 0 Å². The number of para-hydroxylation sites is 1. The van der Waals surface area contributed by atoms with Crippen LogP contribution in [0, 0.1) is 0 Å². The Morgan fingerprint density at radius 3 is 2.21 bits per heavy atom. The van der Waals surface area contributed by atoms with Crippen molar-refractivity contribution in [2.45, 2.75) is 0 Å². The van der Waals surface area contributed by atoms with Gasteiger partial charge in [-0.05, 0) is 12.1 Å². The molecule has 0 aliphatic heterocycles. The summed E-state index contributed by atoms with van der Waals surface area (Å²) in [7, 11) is 3.20. The van der Waals surface area contributed by atoms with E-state index in [9.17, 15) is 0 Å². The summed E-state index contributed by atoms with van der Waals surface area (Å²) < 4.78 is 10.4. The molecule has 19 heavy (non-hydrogen) atoms. The topological polar surface area (TPSA) is 56.5 Å². The maximum absolute atomic E-state index is 6.12. The average Bonchev–Trinajstić information content (AvgIpc) is 2.42. The van der Waals surface area contributed by atoms with E-state index < -0.39 is 0 Å². The number of methoxy groups -OCH3 is 2. The number of halogens is 1. The van der Waals surface area contributed by atoms with Crippen LogP contribution >= 0.6 is 11.6 Å². The van der Waals surface area contributed by atoms with Crippen molar-refractivity contribution >= 4 is 28.7 Å². The van der Waals surface area contributed by atoms with E-state index in [1.165, 1.54) is 0 Å². The molecule has 0 aliphatic rings. The van der Waals surface area contributed by atoms with Crippen molar-refractivity contribution in [2.24, 2.45) is 0 Å². The second-order valence-electron chi connectivity index (χ2n) is 3.93. The number of hydrogen-bond acceptors (Lipinski definition) is 4. The fourth-order valence-corrected chi connectivity index (χ4v) is 1.93. The number of rotatable bonds is 4. The summed E-state index contributed by atoms with van der Waals surface area (Å²) in [5.41, 5.74) is 7.93. The Bertz CT molecular complexity index is 545. The highest BCUT2D eigenvalue weighted by Gasteiger charge is 2.07. The molecule has 5 heteroatoms. The lowest BCUT2D eigenvalue weighted by atomic mass is 10.2. The van der Waals surface area contributed by atoms with Crippen LogP contribution in [-0.4, -0.2) is 14.2 Å². The Morgan fingerprint density at radius 1 is 1.05 bits per heavy atom. The summed E-state index contributed by atoms with van der Waals surface area (Å²) in [5, 5.41) is 3.73. The molecule has 100 valence electrons. The minimum absolute atomic E-state index is 0.557. The molecule has 2 aromatic carbocycles. The molecule has 0 atom stereocenters. The highest BCUT2D eigenvalue weighted by molar-refractivity contribution is 6.34. The molecule has 0 bridgehead atoms. The van der Waals surface area contributed by atoms with E-state index in [0.717, 1.165) is 5.69 Å². The summed E-state index contributed by atoms with van der Waals surface area (Å²) in [6.07, 6.45) is 0. The summed E-state index contributed by atoms with van der Waals surface area (Å²) >= 11 is 6.12. The molecule has 2 aromatic rings. The lowest BCUT2D eigenvalue weighted by Crippen LogP contribution is -1.98. The molecule has 0 aromatic heterocycles. The number of nitrogens with two attached hydrogens (primary N) is 1. The highest BCUT2D eigenvalue weighted by Crippen LogP contribution is 2.33. The third kappa shape index (κ3) is 3.03. The zero-order chi connectivity index (χ0) is 13.8. The molecule has 0 radical (unpaired) electrons. The number of nitrogens with one attached hydrogen (secondary N) is 1. The normalized spacial score (nSPS) is 10.1. The minimum Gasteiger partial charge on any atom is -0.497 e. The maximum atomic E-state index is 6.12. The van der Waals surface area contributed by atoms with E-state index in [-0.39, 0.29) is 0 Å². The third-order valence-electron chi connectivity index (χ3n) is 2.67. The monoisotopic (exact) mass is 278 g/mol. The fraction of sp³-hybridized carbons (Fsp3) is 0.143. The Balaban J connectivity index is 2.37. The number of ether oxygens (including phenoxy) is 2. The van der Waals surface area contributed by atoms with Crippen LogP contribution in [-0.2, 0) is 0 Å². The molecular weight excluding hydrogens is 264 g/mol. The van der Waals surface area contributed by atoms with Gasteiger partial charge in [0.05, 0.1) is 30.6 Å². The molecule has 0 unspecified atom stereocenters. The van der Waals surface area contributed by atoms with E-state index in [0.29, 0.717) is 27.9 Å². The molecular formula is C14H15ClN2O2. The molecule has 4 nitrogen and oxygen atoms in total. The SMILES string of the molecule is COc1cc(Nc2c(N)cccc2Cl)cc(OC)c1. The second kappa shape index (κ2) is 5.71. The predicted molar refractivity (Wildman–Crippen MR) is 78.7 cm³/mol. The molecule has 0 saturated heterocycles. The van der Waals surface area contributed by atoms with Crippen molar-refractivity contribution in [3.05, 3.63) is 41.4 Å². The standard InChI is InChI=1S/C14H15ClN2O2/c1-18-10-6-9(7-11(8-10)19-2)17-14-12(15)4-3-5-13(14)16/h3-8,17H,16H2,1-2H3. The van der Waals surface area contributed by atoms with Crippen LogP contribution in [0.15, 0.2) is 36.4 Å². The van der Waals surface area contributed by atoms with Gasteiger partial charge in [-0.15, -0.1) is 0 Å².